The fourth-order valence-electron chi connectivity index (χ4n) is 1.91. The first-order valence-corrected chi connectivity index (χ1v) is 6.09. The second-order valence-electron chi connectivity index (χ2n) is 4.47. The third-order valence-corrected chi connectivity index (χ3v) is 2.89. The lowest BCUT2D eigenvalue weighted by Gasteiger charge is -2.12. The van der Waals surface area contributed by atoms with Gasteiger partial charge in [0, 0.05) is 23.9 Å². The van der Waals surface area contributed by atoms with Crippen molar-refractivity contribution in [2.45, 2.75) is 6.92 Å². The molecule has 3 nitrogen and oxygen atoms in total. The van der Waals surface area contributed by atoms with Gasteiger partial charge in [-0.25, -0.2) is 4.39 Å². The Hall–Kier alpha value is -2.62. The van der Waals surface area contributed by atoms with Crippen molar-refractivity contribution in [2.75, 3.05) is 11.1 Å². The topological polar surface area (TPSA) is 55.1 Å². The number of nitrogens with one attached hydrogen (secondary N) is 1. The minimum atomic E-state index is -0.304. The SMILES string of the molecule is C=C(c1ccc(F)cc1)c1cc(NC(C)=O)ccc1N. The van der Waals surface area contributed by atoms with E-state index in [4.69, 9.17) is 5.73 Å². The predicted octanol–water partition coefficient (Wildman–Crippen LogP) is 3.43. The number of carbonyl (C=O) groups excluding carboxylic acids is 1. The first-order valence-electron chi connectivity index (χ1n) is 6.09. The smallest absolute Gasteiger partial charge is 0.221 e. The number of rotatable bonds is 3. The van der Waals surface area contributed by atoms with E-state index in [0.717, 1.165) is 5.56 Å². The van der Waals surface area contributed by atoms with Gasteiger partial charge in [0.2, 0.25) is 5.91 Å². The quantitative estimate of drug-likeness (QED) is 0.839. The number of amides is 1. The Labute approximate surface area is 116 Å². The summed E-state index contributed by atoms with van der Waals surface area (Å²) in [5.41, 5.74) is 9.30. The van der Waals surface area contributed by atoms with Crippen LogP contribution in [0.25, 0.3) is 5.57 Å². The second-order valence-corrected chi connectivity index (χ2v) is 4.47. The minimum absolute atomic E-state index is 0.159. The van der Waals surface area contributed by atoms with Crippen LogP contribution in [0.5, 0.6) is 0 Å². The maximum absolute atomic E-state index is 12.9. The lowest BCUT2D eigenvalue weighted by molar-refractivity contribution is -0.114. The van der Waals surface area contributed by atoms with Crippen molar-refractivity contribution < 1.29 is 9.18 Å². The summed E-state index contributed by atoms with van der Waals surface area (Å²) < 4.78 is 12.9. The fourth-order valence-corrected chi connectivity index (χ4v) is 1.91. The molecule has 0 aliphatic heterocycles. The van der Waals surface area contributed by atoms with Crippen LogP contribution in [-0.4, -0.2) is 5.91 Å². The highest BCUT2D eigenvalue weighted by molar-refractivity contribution is 5.91. The van der Waals surface area contributed by atoms with Crippen molar-refractivity contribution in [3.63, 3.8) is 0 Å². The molecule has 2 aromatic carbocycles. The van der Waals surface area contributed by atoms with Crippen LogP contribution in [0.15, 0.2) is 49.0 Å². The van der Waals surface area contributed by atoms with E-state index in [1.54, 1.807) is 30.3 Å². The molecule has 2 rings (SSSR count). The largest absolute Gasteiger partial charge is 0.398 e. The maximum atomic E-state index is 12.9. The molecule has 0 spiro atoms. The van der Waals surface area contributed by atoms with Gasteiger partial charge in [0.15, 0.2) is 0 Å². The van der Waals surface area contributed by atoms with E-state index in [1.165, 1.54) is 19.1 Å². The molecular formula is C16H15FN2O. The number of halogens is 1. The number of hydrogen-bond acceptors (Lipinski definition) is 2. The van der Waals surface area contributed by atoms with Gasteiger partial charge in [-0.3, -0.25) is 4.79 Å². The second kappa shape index (κ2) is 5.57. The van der Waals surface area contributed by atoms with Gasteiger partial charge >= 0.3 is 0 Å². The summed E-state index contributed by atoms with van der Waals surface area (Å²) in [5, 5.41) is 2.69. The van der Waals surface area contributed by atoms with Crippen LogP contribution >= 0.6 is 0 Å². The molecule has 0 bridgehead atoms. The first kappa shape index (κ1) is 13.8. The van der Waals surface area contributed by atoms with Gasteiger partial charge in [-0.2, -0.15) is 0 Å². The molecule has 0 aliphatic carbocycles. The van der Waals surface area contributed by atoms with Crippen molar-refractivity contribution in [2.24, 2.45) is 0 Å². The normalized spacial score (nSPS) is 10.1. The molecule has 102 valence electrons. The van der Waals surface area contributed by atoms with Gasteiger partial charge in [-0.1, -0.05) is 18.7 Å². The lowest BCUT2D eigenvalue weighted by atomic mass is 9.97. The molecule has 0 atom stereocenters. The number of nitrogen functional groups attached to an aromatic ring is 1. The van der Waals surface area contributed by atoms with E-state index >= 15 is 0 Å². The van der Waals surface area contributed by atoms with E-state index in [1.807, 2.05) is 0 Å². The van der Waals surface area contributed by atoms with E-state index < -0.39 is 0 Å². The highest BCUT2D eigenvalue weighted by Gasteiger charge is 2.08. The molecule has 0 fully saturated rings. The molecule has 20 heavy (non-hydrogen) atoms. The van der Waals surface area contributed by atoms with Gasteiger partial charge < -0.3 is 11.1 Å². The van der Waals surface area contributed by atoms with Crippen molar-refractivity contribution in [3.8, 4) is 0 Å². The molecule has 0 saturated carbocycles. The standard InChI is InChI=1S/C16H15FN2O/c1-10(12-3-5-13(17)6-4-12)15-9-14(19-11(2)20)7-8-16(15)18/h3-9H,1,18H2,2H3,(H,19,20). The van der Waals surface area contributed by atoms with Crippen molar-refractivity contribution in [1.29, 1.82) is 0 Å². The summed E-state index contributed by atoms with van der Waals surface area (Å²) in [6.07, 6.45) is 0. The molecule has 0 aromatic heterocycles. The van der Waals surface area contributed by atoms with Crippen LogP contribution < -0.4 is 11.1 Å². The Morgan fingerprint density at radius 2 is 1.85 bits per heavy atom. The number of hydrogen-bond donors (Lipinski definition) is 2. The summed E-state index contributed by atoms with van der Waals surface area (Å²) in [6, 6.07) is 11.2. The maximum Gasteiger partial charge on any atom is 0.221 e. The van der Waals surface area contributed by atoms with Crippen LogP contribution in [0.4, 0.5) is 15.8 Å². The van der Waals surface area contributed by atoms with Crippen LogP contribution in [0.3, 0.4) is 0 Å². The van der Waals surface area contributed by atoms with Gasteiger partial charge in [0.05, 0.1) is 0 Å². The number of benzene rings is 2. The Kier molecular flexibility index (Phi) is 3.84. The van der Waals surface area contributed by atoms with Gasteiger partial charge in [-0.15, -0.1) is 0 Å². The molecular weight excluding hydrogens is 255 g/mol. The third kappa shape index (κ3) is 3.03. The number of nitrogens with two attached hydrogens (primary N) is 1. The molecule has 0 aliphatic rings. The number of anilines is 2. The molecule has 0 saturated heterocycles. The van der Waals surface area contributed by atoms with E-state index in [2.05, 4.69) is 11.9 Å². The molecule has 0 radical (unpaired) electrons. The molecule has 0 unspecified atom stereocenters. The van der Waals surface area contributed by atoms with Crippen molar-refractivity contribution in [1.82, 2.24) is 0 Å². The Morgan fingerprint density at radius 1 is 1.20 bits per heavy atom. The summed E-state index contributed by atoms with van der Waals surface area (Å²) in [5.74, 6) is -0.463. The van der Waals surface area contributed by atoms with Crippen molar-refractivity contribution in [3.05, 3.63) is 66.0 Å². The summed E-state index contributed by atoms with van der Waals surface area (Å²) >= 11 is 0. The molecule has 3 N–H and O–H groups in total. The van der Waals surface area contributed by atoms with Crippen molar-refractivity contribution >= 4 is 22.9 Å². The summed E-state index contributed by atoms with van der Waals surface area (Å²) in [4.78, 5) is 11.1. The molecule has 4 heteroatoms. The minimum Gasteiger partial charge on any atom is -0.398 e. The van der Waals surface area contributed by atoms with Gasteiger partial charge in [0.25, 0.3) is 0 Å². The highest BCUT2D eigenvalue weighted by Crippen LogP contribution is 2.29. The average Bonchev–Trinajstić information content (AvgIpc) is 2.40. The van der Waals surface area contributed by atoms with Gasteiger partial charge in [-0.05, 0) is 41.5 Å². The fraction of sp³-hybridized carbons (Fsp3) is 0.0625. The third-order valence-electron chi connectivity index (χ3n) is 2.89. The monoisotopic (exact) mass is 270 g/mol. The molecule has 1 amide bonds. The summed E-state index contributed by atoms with van der Waals surface area (Å²) in [6.45, 7) is 5.43. The Bertz CT molecular complexity index is 663. The Morgan fingerprint density at radius 3 is 2.45 bits per heavy atom. The average molecular weight is 270 g/mol. The predicted molar refractivity (Wildman–Crippen MR) is 79.7 cm³/mol. The lowest BCUT2D eigenvalue weighted by Crippen LogP contribution is -2.06. The van der Waals surface area contributed by atoms with Crippen LogP contribution in [0.2, 0.25) is 0 Å². The van der Waals surface area contributed by atoms with E-state index in [9.17, 15) is 9.18 Å². The number of carbonyl (C=O) groups is 1. The zero-order chi connectivity index (χ0) is 14.7. The van der Waals surface area contributed by atoms with Crippen LogP contribution in [0.1, 0.15) is 18.1 Å². The highest BCUT2D eigenvalue weighted by atomic mass is 19.1. The van der Waals surface area contributed by atoms with E-state index in [-0.39, 0.29) is 11.7 Å². The molecule has 0 heterocycles. The van der Waals surface area contributed by atoms with E-state index in [0.29, 0.717) is 22.5 Å². The van der Waals surface area contributed by atoms with Crippen LogP contribution in [0, 0.1) is 5.82 Å². The zero-order valence-electron chi connectivity index (χ0n) is 11.1. The first-order chi connectivity index (χ1) is 9.47. The zero-order valence-corrected chi connectivity index (χ0v) is 11.1. The summed E-state index contributed by atoms with van der Waals surface area (Å²) in [7, 11) is 0. The van der Waals surface area contributed by atoms with Gasteiger partial charge in [0.1, 0.15) is 5.82 Å². The Balaban J connectivity index is 2.38. The molecule has 2 aromatic rings. The van der Waals surface area contributed by atoms with Crippen LogP contribution in [-0.2, 0) is 4.79 Å².